The van der Waals surface area contributed by atoms with Crippen molar-refractivity contribution in [3.8, 4) is 11.1 Å². The zero-order valence-corrected chi connectivity index (χ0v) is 18.2. The standard InChI is InChI=1S/C24H30N4OS/c1-2-6-17(7-3-1)21-16-30-24-22(21)23(25-26-24)28-18-8-9-19(28)15-20(14-18)29-13-12-27-10-4-5-11-27/h1-3,6-7,16,18-20H,4-5,8-15H2,(H,25,26). The molecule has 6 rings (SSSR count). The molecule has 3 saturated heterocycles. The van der Waals surface area contributed by atoms with Crippen molar-refractivity contribution in [2.45, 2.75) is 56.7 Å². The van der Waals surface area contributed by atoms with Gasteiger partial charge in [0.2, 0.25) is 0 Å². The van der Waals surface area contributed by atoms with Crippen LogP contribution in [0.5, 0.6) is 0 Å². The second-order valence-corrected chi connectivity index (χ2v) is 9.93. The van der Waals surface area contributed by atoms with Crippen molar-refractivity contribution in [3.05, 3.63) is 35.7 Å². The fraction of sp³-hybridized carbons (Fsp3) is 0.542. The Morgan fingerprint density at radius 2 is 1.83 bits per heavy atom. The normalized spacial score (nSPS) is 26.8. The highest BCUT2D eigenvalue weighted by molar-refractivity contribution is 7.17. The van der Waals surface area contributed by atoms with Gasteiger partial charge in [0.25, 0.3) is 0 Å². The molecule has 2 unspecified atom stereocenters. The van der Waals surface area contributed by atoms with E-state index in [1.807, 2.05) is 0 Å². The Morgan fingerprint density at radius 1 is 1.07 bits per heavy atom. The molecule has 6 heteroatoms. The summed E-state index contributed by atoms with van der Waals surface area (Å²) in [6, 6.07) is 11.8. The van der Waals surface area contributed by atoms with Crippen LogP contribution in [0, 0.1) is 0 Å². The molecule has 5 nitrogen and oxygen atoms in total. The molecule has 0 radical (unpaired) electrons. The minimum absolute atomic E-state index is 0.413. The monoisotopic (exact) mass is 422 g/mol. The van der Waals surface area contributed by atoms with Crippen molar-refractivity contribution < 1.29 is 4.74 Å². The molecule has 3 aromatic rings. The molecule has 0 spiro atoms. The Hall–Kier alpha value is -1.89. The van der Waals surface area contributed by atoms with Gasteiger partial charge in [-0.2, -0.15) is 5.10 Å². The predicted molar refractivity (Wildman–Crippen MR) is 123 cm³/mol. The summed E-state index contributed by atoms with van der Waals surface area (Å²) in [4.78, 5) is 6.31. The van der Waals surface area contributed by atoms with Gasteiger partial charge < -0.3 is 14.5 Å². The van der Waals surface area contributed by atoms with E-state index in [4.69, 9.17) is 4.74 Å². The molecular formula is C24H30N4OS. The topological polar surface area (TPSA) is 44.4 Å². The van der Waals surface area contributed by atoms with Gasteiger partial charge in [-0.1, -0.05) is 30.3 Å². The van der Waals surface area contributed by atoms with Gasteiger partial charge in [0.05, 0.1) is 18.1 Å². The number of piperidine rings is 1. The Morgan fingerprint density at radius 3 is 2.60 bits per heavy atom. The largest absolute Gasteiger partial charge is 0.377 e. The first-order valence-corrected chi connectivity index (χ1v) is 12.4. The highest BCUT2D eigenvalue weighted by Gasteiger charge is 2.42. The van der Waals surface area contributed by atoms with Crippen LogP contribution in [0.25, 0.3) is 21.3 Å². The number of aromatic amines is 1. The number of ether oxygens (including phenoxy) is 1. The van der Waals surface area contributed by atoms with E-state index in [0.717, 1.165) is 30.8 Å². The van der Waals surface area contributed by atoms with Gasteiger partial charge in [0.1, 0.15) is 10.6 Å². The van der Waals surface area contributed by atoms with Gasteiger partial charge >= 0.3 is 0 Å². The number of hydrogen-bond acceptors (Lipinski definition) is 5. The van der Waals surface area contributed by atoms with E-state index in [1.54, 1.807) is 11.3 Å². The number of aromatic nitrogens is 2. The molecule has 0 saturated carbocycles. The fourth-order valence-electron chi connectivity index (χ4n) is 5.82. The Kier molecular flexibility index (Phi) is 5.02. The lowest BCUT2D eigenvalue weighted by Crippen LogP contribution is -2.46. The van der Waals surface area contributed by atoms with E-state index in [1.165, 1.54) is 61.1 Å². The summed E-state index contributed by atoms with van der Waals surface area (Å²) in [7, 11) is 0. The molecule has 3 aliphatic heterocycles. The maximum Gasteiger partial charge on any atom is 0.148 e. The third kappa shape index (κ3) is 3.35. The van der Waals surface area contributed by atoms with E-state index in [2.05, 4.69) is 55.7 Å². The number of anilines is 1. The molecule has 2 bridgehead atoms. The van der Waals surface area contributed by atoms with E-state index in [9.17, 15) is 0 Å². The second kappa shape index (κ2) is 7.98. The van der Waals surface area contributed by atoms with E-state index < -0.39 is 0 Å². The maximum atomic E-state index is 6.36. The van der Waals surface area contributed by atoms with Crippen LogP contribution < -0.4 is 4.90 Å². The number of benzene rings is 1. The SMILES string of the molecule is c1ccc(-c2csc3n[nH]c(N4C5CCC4CC(OCCN4CCCC4)C5)c23)cc1. The molecule has 0 amide bonds. The van der Waals surface area contributed by atoms with Crippen LogP contribution >= 0.6 is 11.3 Å². The molecular weight excluding hydrogens is 392 g/mol. The summed E-state index contributed by atoms with van der Waals surface area (Å²) in [5, 5.41) is 11.6. The van der Waals surface area contributed by atoms with Crippen molar-refractivity contribution in [3.63, 3.8) is 0 Å². The first-order chi connectivity index (χ1) is 14.9. The second-order valence-electron chi connectivity index (χ2n) is 9.07. The number of nitrogens with zero attached hydrogens (tertiary/aromatic N) is 3. The molecule has 2 atom stereocenters. The van der Waals surface area contributed by atoms with Gasteiger partial charge in [0.15, 0.2) is 0 Å². The summed E-state index contributed by atoms with van der Waals surface area (Å²) in [5.74, 6) is 1.23. The number of hydrogen-bond donors (Lipinski definition) is 1. The maximum absolute atomic E-state index is 6.36. The molecule has 3 aliphatic rings. The Balaban J connectivity index is 1.20. The summed E-state index contributed by atoms with van der Waals surface area (Å²) < 4.78 is 6.36. The molecule has 3 fully saturated rings. The van der Waals surface area contributed by atoms with Crippen LogP contribution in [0.1, 0.15) is 38.5 Å². The van der Waals surface area contributed by atoms with Crippen LogP contribution in [0.15, 0.2) is 35.7 Å². The molecule has 2 aromatic heterocycles. The van der Waals surface area contributed by atoms with Crippen LogP contribution in [0.3, 0.4) is 0 Å². The smallest absolute Gasteiger partial charge is 0.148 e. The molecule has 1 aromatic carbocycles. The molecule has 0 aliphatic carbocycles. The van der Waals surface area contributed by atoms with E-state index in [0.29, 0.717) is 18.2 Å². The molecule has 5 heterocycles. The van der Waals surface area contributed by atoms with E-state index >= 15 is 0 Å². The quantitative estimate of drug-likeness (QED) is 0.613. The van der Waals surface area contributed by atoms with Gasteiger partial charge in [-0.05, 0) is 57.2 Å². The molecule has 158 valence electrons. The number of rotatable bonds is 6. The van der Waals surface area contributed by atoms with Crippen molar-refractivity contribution in [1.82, 2.24) is 15.1 Å². The zero-order chi connectivity index (χ0) is 19.9. The number of fused-ring (bicyclic) bond motifs is 3. The van der Waals surface area contributed by atoms with Crippen molar-refractivity contribution in [2.75, 3.05) is 31.1 Å². The first-order valence-electron chi connectivity index (χ1n) is 11.5. The third-order valence-corrected chi connectivity index (χ3v) is 8.14. The minimum Gasteiger partial charge on any atom is -0.377 e. The van der Waals surface area contributed by atoms with Crippen molar-refractivity contribution in [2.24, 2.45) is 0 Å². The highest BCUT2D eigenvalue weighted by Crippen LogP contribution is 2.45. The Bertz CT molecular complexity index is 979. The first kappa shape index (κ1) is 18.8. The van der Waals surface area contributed by atoms with Crippen LogP contribution in [-0.2, 0) is 4.74 Å². The zero-order valence-electron chi connectivity index (χ0n) is 17.4. The third-order valence-electron chi connectivity index (χ3n) is 7.26. The predicted octanol–water partition coefficient (Wildman–Crippen LogP) is 4.90. The van der Waals surface area contributed by atoms with Crippen LogP contribution in [-0.4, -0.2) is 59.5 Å². The van der Waals surface area contributed by atoms with Crippen molar-refractivity contribution >= 4 is 27.4 Å². The van der Waals surface area contributed by atoms with Crippen molar-refractivity contribution in [1.29, 1.82) is 0 Å². The van der Waals surface area contributed by atoms with Gasteiger partial charge in [-0.25, -0.2) is 0 Å². The van der Waals surface area contributed by atoms with Crippen LogP contribution in [0.2, 0.25) is 0 Å². The Labute approximate surface area is 182 Å². The van der Waals surface area contributed by atoms with Gasteiger partial charge in [-0.15, -0.1) is 11.3 Å². The number of thiophene rings is 1. The number of H-pyrrole nitrogens is 1. The molecule has 1 N–H and O–H groups in total. The summed E-state index contributed by atoms with van der Waals surface area (Å²) in [6.45, 7) is 4.51. The lowest BCUT2D eigenvalue weighted by molar-refractivity contribution is 0.0171. The number of likely N-dealkylation sites (tertiary alicyclic amines) is 1. The van der Waals surface area contributed by atoms with Crippen LogP contribution in [0.4, 0.5) is 5.82 Å². The summed E-state index contributed by atoms with van der Waals surface area (Å²) >= 11 is 1.74. The fourth-order valence-corrected chi connectivity index (χ4v) is 6.72. The van der Waals surface area contributed by atoms with Gasteiger partial charge in [-0.3, -0.25) is 5.10 Å². The lowest BCUT2D eigenvalue weighted by Gasteiger charge is -2.39. The average Bonchev–Trinajstić information content (AvgIpc) is 3.54. The minimum atomic E-state index is 0.413. The lowest BCUT2D eigenvalue weighted by atomic mass is 9.98. The highest BCUT2D eigenvalue weighted by atomic mass is 32.1. The summed E-state index contributed by atoms with van der Waals surface area (Å²) in [5.41, 5.74) is 2.58. The summed E-state index contributed by atoms with van der Waals surface area (Å²) in [6.07, 6.45) is 7.94. The average molecular weight is 423 g/mol. The number of nitrogens with one attached hydrogen (secondary N) is 1. The van der Waals surface area contributed by atoms with Gasteiger partial charge in [0, 0.05) is 29.6 Å². The van der Waals surface area contributed by atoms with E-state index in [-0.39, 0.29) is 0 Å². The molecule has 30 heavy (non-hydrogen) atoms.